The number of aliphatic hydroxyl groups is 1. The van der Waals surface area contributed by atoms with Gasteiger partial charge in [-0.3, -0.25) is 0 Å². The highest BCUT2D eigenvalue weighted by atomic mass is 19.3. The lowest BCUT2D eigenvalue weighted by atomic mass is 10.2. The zero-order chi connectivity index (χ0) is 9.78. The molecule has 0 aliphatic carbocycles. The van der Waals surface area contributed by atoms with E-state index in [4.69, 9.17) is 10.6 Å². The van der Waals surface area contributed by atoms with Crippen LogP contribution in [-0.4, -0.2) is 30.1 Å². The smallest absolute Gasteiger partial charge is 0.318 e. The second-order valence-electron chi connectivity index (χ2n) is 1.88. The molecule has 0 rings (SSSR count). The highest BCUT2D eigenvalue weighted by Crippen LogP contribution is 2.28. The van der Waals surface area contributed by atoms with Gasteiger partial charge in [-0.05, 0) is 5.53 Å². The van der Waals surface area contributed by atoms with Gasteiger partial charge in [0.15, 0.2) is 0 Å². The van der Waals surface area contributed by atoms with Crippen molar-refractivity contribution in [1.29, 1.82) is 0 Å². The van der Waals surface area contributed by atoms with Crippen molar-refractivity contribution in [2.75, 3.05) is 6.61 Å². The second kappa shape index (κ2) is 4.13. The maximum Gasteiger partial charge on any atom is 0.318 e. The SMILES string of the molecule is [N-]=[N+]=NC(CO)C(F)(F)C(F)F. The van der Waals surface area contributed by atoms with Crippen LogP contribution in [0.2, 0.25) is 0 Å². The number of nitrogens with zero attached hydrogens (tertiary/aromatic N) is 3. The highest BCUT2D eigenvalue weighted by Gasteiger charge is 2.48. The minimum absolute atomic E-state index is 1.32. The predicted molar refractivity (Wildman–Crippen MR) is 31.0 cm³/mol. The molecule has 0 aliphatic rings. The zero-order valence-electron chi connectivity index (χ0n) is 5.66. The molecule has 12 heavy (non-hydrogen) atoms. The van der Waals surface area contributed by atoms with Crippen LogP contribution in [0.5, 0.6) is 0 Å². The Bertz CT molecular complexity index is 191. The molecule has 0 saturated heterocycles. The van der Waals surface area contributed by atoms with Crippen molar-refractivity contribution in [3.63, 3.8) is 0 Å². The first-order chi connectivity index (χ1) is 5.46. The fourth-order valence-corrected chi connectivity index (χ4v) is 0.443. The number of hydrogen-bond donors (Lipinski definition) is 1. The van der Waals surface area contributed by atoms with Crippen molar-refractivity contribution in [3.8, 4) is 0 Å². The molecule has 1 unspecified atom stereocenters. The molecule has 0 aliphatic heterocycles. The molecule has 0 amide bonds. The fraction of sp³-hybridized carbons (Fsp3) is 1.00. The first-order valence-corrected chi connectivity index (χ1v) is 2.77. The molecule has 0 spiro atoms. The van der Waals surface area contributed by atoms with Crippen molar-refractivity contribution in [3.05, 3.63) is 10.4 Å². The third-order valence-electron chi connectivity index (χ3n) is 1.10. The van der Waals surface area contributed by atoms with Crippen molar-refractivity contribution in [1.82, 2.24) is 0 Å². The van der Waals surface area contributed by atoms with Crippen LogP contribution >= 0.6 is 0 Å². The van der Waals surface area contributed by atoms with Gasteiger partial charge >= 0.3 is 12.3 Å². The van der Waals surface area contributed by atoms with Gasteiger partial charge in [0.1, 0.15) is 6.04 Å². The van der Waals surface area contributed by atoms with E-state index in [2.05, 4.69) is 5.11 Å². The average molecular weight is 187 g/mol. The van der Waals surface area contributed by atoms with Crippen LogP contribution in [-0.2, 0) is 0 Å². The lowest BCUT2D eigenvalue weighted by Crippen LogP contribution is -2.41. The maximum atomic E-state index is 12.2. The Kier molecular flexibility index (Phi) is 3.78. The van der Waals surface area contributed by atoms with E-state index in [1.165, 1.54) is 0 Å². The first-order valence-electron chi connectivity index (χ1n) is 2.77. The van der Waals surface area contributed by atoms with E-state index in [0.29, 0.717) is 0 Å². The topological polar surface area (TPSA) is 69.0 Å². The summed E-state index contributed by atoms with van der Waals surface area (Å²) in [5.74, 6) is -4.49. The maximum absolute atomic E-state index is 12.2. The van der Waals surface area contributed by atoms with Gasteiger partial charge in [0.25, 0.3) is 0 Å². The minimum Gasteiger partial charge on any atom is -0.396 e. The summed E-state index contributed by atoms with van der Waals surface area (Å²) >= 11 is 0. The summed E-state index contributed by atoms with van der Waals surface area (Å²) in [5, 5.41) is 10.5. The summed E-state index contributed by atoms with van der Waals surface area (Å²) in [4.78, 5) is 1.91. The molecule has 8 heteroatoms. The third kappa shape index (κ3) is 2.24. The molecule has 0 radical (unpaired) electrons. The Morgan fingerprint density at radius 1 is 1.50 bits per heavy atom. The number of aliphatic hydroxyl groups excluding tert-OH is 1. The van der Waals surface area contributed by atoms with Crippen molar-refractivity contribution in [2.45, 2.75) is 18.4 Å². The van der Waals surface area contributed by atoms with E-state index < -0.39 is 25.0 Å². The fourth-order valence-electron chi connectivity index (χ4n) is 0.443. The van der Waals surface area contributed by atoms with Crippen LogP contribution in [0, 0.1) is 0 Å². The summed E-state index contributed by atoms with van der Waals surface area (Å²) in [6.45, 7) is -1.32. The lowest BCUT2D eigenvalue weighted by Gasteiger charge is -2.19. The van der Waals surface area contributed by atoms with Gasteiger partial charge in [-0.2, -0.15) is 8.78 Å². The largest absolute Gasteiger partial charge is 0.396 e. The van der Waals surface area contributed by atoms with Crippen LogP contribution in [0.1, 0.15) is 0 Å². The summed E-state index contributed by atoms with van der Waals surface area (Å²) in [5.41, 5.74) is 7.68. The van der Waals surface area contributed by atoms with Gasteiger partial charge in [0.2, 0.25) is 0 Å². The molecule has 0 fully saturated rings. The van der Waals surface area contributed by atoms with E-state index in [0.717, 1.165) is 0 Å². The Balaban J connectivity index is 4.58. The molecule has 1 N–H and O–H groups in total. The van der Waals surface area contributed by atoms with Crippen molar-refractivity contribution < 1.29 is 22.7 Å². The third-order valence-corrected chi connectivity index (χ3v) is 1.10. The normalized spacial score (nSPS) is 14.2. The summed E-state index contributed by atoms with van der Waals surface area (Å²) in [7, 11) is 0. The number of rotatable bonds is 4. The van der Waals surface area contributed by atoms with Gasteiger partial charge in [-0.15, -0.1) is 0 Å². The van der Waals surface area contributed by atoms with Gasteiger partial charge in [-0.1, -0.05) is 5.11 Å². The Morgan fingerprint density at radius 3 is 2.25 bits per heavy atom. The number of azide groups is 1. The van der Waals surface area contributed by atoms with E-state index in [1.807, 2.05) is 4.91 Å². The monoisotopic (exact) mass is 187 g/mol. The minimum atomic E-state index is -4.49. The molecule has 70 valence electrons. The van der Waals surface area contributed by atoms with Crippen LogP contribution in [0.15, 0.2) is 5.11 Å². The van der Waals surface area contributed by atoms with Gasteiger partial charge in [-0.25, -0.2) is 8.78 Å². The van der Waals surface area contributed by atoms with Crippen molar-refractivity contribution in [2.24, 2.45) is 5.11 Å². The number of halogens is 4. The molecule has 0 aromatic carbocycles. The number of hydrogen-bond acceptors (Lipinski definition) is 2. The molecule has 1 atom stereocenters. The standard InChI is InChI=1S/C4H5F4N3O/c5-3(6)4(7,8)2(1-12)10-11-9/h2-3,12H,1H2. The first kappa shape index (κ1) is 11.0. The van der Waals surface area contributed by atoms with Crippen molar-refractivity contribution >= 4 is 0 Å². The molecule has 0 aromatic rings. The van der Waals surface area contributed by atoms with Crippen LogP contribution in [0.4, 0.5) is 17.6 Å². The molecular weight excluding hydrogens is 182 g/mol. The Morgan fingerprint density at radius 2 is 2.00 bits per heavy atom. The van der Waals surface area contributed by atoms with E-state index in [1.54, 1.807) is 0 Å². The van der Waals surface area contributed by atoms with Gasteiger partial charge in [0, 0.05) is 4.91 Å². The molecule has 0 bridgehead atoms. The summed E-state index contributed by atoms with van der Waals surface area (Å²) < 4.78 is 47.5. The summed E-state index contributed by atoms with van der Waals surface area (Å²) in [6.07, 6.45) is -3.96. The van der Waals surface area contributed by atoms with E-state index >= 15 is 0 Å². The Labute approximate surface area is 64.4 Å². The zero-order valence-corrected chi connectivity index (χ0v) is 5.66. The van der Waals surface area contributed by atoms with E-state index in [9.17, 15) is 17.6 Å². The number of alkyl halides is 4. The lowest BCUT2D eigenvalue weighted by molar-refractivity contribution is -0.149. The van der Waals surface area contributed by atoms with Crippen LogP contribution < -0.4 is 0 Å². The Hall–Kier alpha value is -1.01. The summed E-state index contributed by atoms with van der Waals surface area (Å²) in [6, 6.07) is -2.41. The quantitative estimate of drug-likeness (QED) is 0.308. The van der Waals surface area contributed by atoms with E-state index in [-0.39, 0.29) is 0 Å². The molecule has 0 saturated carbocycles. The van der Waals surface area contributed by atoms with Gasteiger partial charge in [0.05, 0.1) is 6.61 Å². The predicted octanol–water partition coefficient (Wildman–Crippen LogP) is 1.56. The average Bonchev–Trinajstić information content (AvgIpc) is 1.99. The second-order valence-corrected chi connectivity index (χ2v) is 1.88. The molecule has 0 aromatic heterocycles. The molecule has 0 heterocycles. The molecular formula is C4H5F4N3O. The molecule has 4 nitrogen and oxygen atoms in total. The highest BCUT2D eigenvalue weighted by molar-refractivity contribution is 4.85. The van der Waals surface area contributed by atoms with Crippen LogP contribution in [0.3, 0.4) is 0 Å². The van der Waals surface area contributed by atoms with Crippen LogP contribution in [0.25, 0.3) is 10.4 Å². The van der Waals surface area contributed by atoms with Gasteiger partial charge < -0.3 is 5.11 Å².